The van der Waals surface area contributed by atoms with Crippen LogP contribution in [0.1, 0.15) is 25.7 Å². The van der Waals surface area contributed by atoms with Gasteiger partial charge >= 0.3 is 5.97 Å². The van der Waals surface area contributed by atoms with Crippen molar-refractivity contribution in [2.45, 2.75) is 30.0 Å². The van der Waals surface area contributed by atoms with Crippen molar-refractivity contribution in [1.82, 2.24) is 4.98 Å². The Labute approximate surface area is 158 Å². The first-order valence-corrected chi connectivity index (χ1v) is 10.4. The summed E-state index contributed by atoms with van der Waals surface area (Å²) >= 11 is 2.77. The minimum atomic E-state index is -0.300. The number of ether oxygens (including phenoxy) is 1. The number of thiazole rings is 1. The molecule has 2 heterocycles. The molecular formula is C18H18N2O4S2. The number of esters is 1. The summed E-state index contributed by atoms with van der Waals surface area (Å²) in [5, 5.41) is 0. The third-order valence-corrected chi connectivity index (χ3v) is 7.13. The van der Waals surface area contributed by atoms with Crippen LogP contribution in [-0.2, 0) is 19.1 Å². The molecule has 1 aliphatic carbocycles. The van der Waals surface area contributed by atoms with Gasteiger partial charge in [0.1, 0.15) is 0 Å². The first kappa shape index (κ1) is 17.5. The van der Waals surface area contributed by atoms with Crippen molar-refractivity contribution in [2.24, 2.45) is 11.8 Å². The van der Waals surface area contributed by atoms with Crippen LogP contribution >= 0.6 is 23.1 Å². The van der Waals surface area contributed by atoms with Gasteiger partial charge in [0.15, 0.2) is 4.34 Å². The number of rotatable bonds is 4. The van der Waals surface area contributed by atoms with Gasteiger partial charge in [-0.25, -0.2) is 4.98 Å². The van der Waals surface area contributed by atoms with E-state index in [1.165, 1.54) is 35.1 Å². The molecule has 136 valence electrons. The van der Waals surface area contributed by atoms with Crippen molar-refractivity contribution in [1.29, 1.82) is 0 Å². The number of thioether (sulfide) groups is 1. The van der Waals surface area contributed by atoms with E-state index < -0.39 is 0 Å². The molecule has 1 saturated heterocycles. The molecule has 6 nitrogen and oxygen atoms in total. The molecule has 0 N–H and O–H groups in total. The number of aromatic nitrogens is 1. The Balaban J connectivity index is 1.60. The average molecular weight is 390 g/mol. The summed E-state index contributed by atoms with van der Waals surface area (Å²) in [5.74, 6) is -0.534. The Hall–Kier alpha value is -1.93. The monoisotopic (exact) mass is 390 g/mol. The highest BCUT2D eigenvalue weighted by Crippen LogP contribution is 2.41. The zero-order chi connectivity index (χ0) is 18.3. The molecule has 1 aromatic heterocycles. The standard InChI is InChI=1S/C18H18N2O4S2/c1-24-15(21)9-25-18-19-13-7-6-10(8-14(13)26-18)20-16(22)11-4-2-3-5-12(11)17(20)23/h6-8,11-12H,2-5,9H2,1H3/t11-,12-/m1/s1. The molecule has 0 spiro atoms. The van der Waals surface area contributed by atoms with Crippen LogP contribution in [0.2, 0.25) is 0 Å². The summed E-state index contributed by atoms with van der Waals surface area (Å²) in [7, 11) is 1.36. The van der Waals surface area contributed by atoms with Gasteiger partial charge in [-0.15, -0.1) is 11.3 Å². The molecule has 1 aromatic carbocycles. The van der Waals surface area contributed by atoms with E-state index in [1.807, 2.05) is 12.1 Å². The number of anilines is 1. The first-order valence-electron chi connectivity index (χ1n) is 8.56. The lowest BCUT2D eigenvalue weighted by Crippen LogP contribution is -2.30. The minimum absolute atomic E-state index is 0.0659. The van der Waals surface area contributed by atoms with Gasteiger partial charge in [0.2, 0.25) is 11.8 Å². The van der Waals surface area contributed by atoms with Crippen LogP contribution in [0.25, 0.3) is 10.2 Å². The molecule has 1 saturated carbocycles. The van der Waals surface area contributed by atoms with E-state index in [1.54, 1.807) is 6.07 Å². The maximum atomic E-state index is 12.7. The molecule has 2 fully saturated rings. The number of carbonyl (C=O) groups excluding carboxylic acids is 3. The highest BCUT2D eigenvalue weighted by molar-refractivity contribution is 8.01. The van der Waals surface area contributed by atoms with Crippen molar-refractivity contribution in [2.75, 3.05) is 17.8 Å². The molecule has 0 radical (unpaired) electrons. The summed E-state index contributed by atoms with van der Waals surface area (Å²) in [6.45, 7) is 0. The van der Waals surface area contributed by atoms with Crippen LogP contribution < -0.4 is 4.90 Å². The maximum Gasteiger partial charge on any atom is 0.316 e. The van der Waals surface area contributed by atoms with E-state index in [9.17, 15) is 14.4 Å². The molecule has 8 heteroatoms. The van der Waals surface area contributed by atoms with E-state index >= 15 is 0 Å². The van der Waals surface area contributed by atoms with Gasteiger partial charge in [0.05, 0.1) is 40.6 Å². The molecule has 2 aliphatic rings. The van der Waals surface area contributed by atoms with Crippen molar-refractivity contribution in [3.63, 3.8) is 0 Å². The zero-order valence-electron chi connectivity index (χ0n) is 14.3. The van der Waals surface area contributed by atoms with Crippen LogP contribution in [-0.4, -0.2) is 35.6 Å². The Morgan fingerprint density at radius 2 is 1.96 bits per heavy atom. The average Bonchev–Trinajstić information content (AvgIpc) is 3.18. The quantitative estimate of drug-likeness (QED) is 0.453. The Morgan fingerprint density at radius 1 is 1.27 bits per heavy atom. The van der Waals surface area contributed by atoms with Crippen LogP contribution in [0, 0.1) is 11.8 Å². The van der Waals surface area contributed by atoms with Crippen molar-refractivity contribution in [3.05, 3.63) is 18.2 Å². The largest absolute Gasteiger partial charge is 0.468 e. The molecule has 2 atom stereocenters. The normalized spacial score (nSPS) is 22.7. The summed E-state index contributed by atoms with van der Waals surface area (Å²) in [4.78, 5) is 42.6. The number of imide groups is 1. The molecule has 4 rings (SSSR count). The number of hydrogen-bond acceptors (Lipinski definition) is 7. The van der Waals surface area contributed by atoms with Crippen LogP contribution in [0.15, 0.2) is 22.5 Å². The summed E-state index contributed by atoms with van der Waals surface area (Å²) in [5.41, 5.74) is 1.41. The van der Waals surface area contributed by atoms with Crippen LogP contribution in [0.3, 0.4) is 0 Å². The fourth-order valence-corrected chi connectivity index (χ4v) is 5.62. The number of methoxy groups -OCH3 is 1. The summed E-state index contributed by atoms with van der Waals surface area (Å²) in [6, 6.07) is 5.46. The van der Waals surface area contributed by atoms with Gasteiger partial charge in [0, 0.05) is 0 Å². The second-order valence-electron chi connectivity index (χ2n) is 6.51. The zero-order valence-corrected chi connectivity index (χ0v) is 15.9. The Bertz CT molecular complexity index is 870. The molecule has 0 bridgehead atoms. The fourth-order valence-electron chi connectivity index (χ4n) is 3.69. The molecular weight excluding hydrogens is 372 g/mol. The summed E-state index contributed by atoms with van der Waals surface area (Å²) < 4.78 is 6.29. The SMILES string of the molecule is COC(=O)CSc1nc2ccc(N3C(=O)[C@@H]4CCCC[C@H]4C3=O)cc2s1. The van der Waals surface area contributed by atoms with Crippen molar-refractivity contribution in [3.8, 4) is 0 Å². The predicted molar refractivity (Wildman–Crippen MR) is 100 cm³/mol. The summed E-state index contributed by atoms with van der Waals surface area (Å²) in [6.07, 6.45) is 3.65. The van der Waals surface area contributed by atoms with E-state index in [2.05, 4.69) is 9.72 Å². The van der Waals surface area contributed by atoms with Gasteiger partial charge in [-0.2, -0.15) is 0 Å². The second kappa shape index (κ2) is 7.00. The molecule has 26 heavy (non-hydrogen) atoms. The number of benzene rings is 1. The second-order valence-corrected chi connectivity index (χ2v) is 8.76. The van der Waals surface area contributed by atoms with E-state index in [0.29, 0.717) is 5.69 Å². The molecule has 0 unspecified atom stereocenters. The van der Waals surface area contributed by atoms with E-state index in [0.717, 1.165) is 40.2 Å². The Kier molecular flexibility index (Phi) is 4.71. The van der Waals surface area contributed by atoms with Gasteiger partial charge < -0.3 is 4.74 Å². The van der Waals surface area contributed by atoms with E-state index in [4.69, 9.17) is 0 Å². The topological polar surface area (TPSA) is 76.6 Å². The highest BCUT2D eigenvalue weighted by atomic mass is 32.2. The van der Waals surface area contributed by atoms with Crippen LogP contribution in [0.5, 0.6) is 0 Å². The number of fused-ring (bicyclic) bond motifs is 2. The Morgan fingerprint density at radius 3 is 2.62 bits per heavy atom. The lowest BCUT2D eigenvalue weighted by molar-refractivity contribution is -0.137. The van der Waals surface area contributed by atoms with Crippen molar-refractivity contribution < 1.29 is 19.1 Å². The number of nitrogens with zero attached hydrogens (tertiary/aromatic N) is 2. The fraction of sp³-hybridized carbons (Fsp3) is 0.444. The molecule has 2 aromatic rings. The number of amides is 2. The first-order chi connectivity index (χ1) is 12.6. The van der Waals surface area contributed by atoms with Gasteiger partial charge in [-0.1, -0.05) is 24.6 Å². The van der Waals surface area contributed by atoms with Gasteiger partial charge in [0.25, 0.3) is 0 Å². The predicted octanol–water partition coefficient (Wildman–Crippen LogP) is 3.24. The molecule has 2 amide bonds. The maximum absolute atomic E-state index is 12.7. The van der Waals surface area contributed by atoms with Gasteiger partial charge in [-0.05, 0) is 31.0 Å². The number of hydrogen-bond donors (Lipinski definition) is 0. The lowest BCUT2D eigenvalue weighted by atomic mass is 9.81. The highest BCUT2D eigenvalue weighted by Gasteiger charge is 2.48. The lowest BCUT2D eigenvalue weighted by Gasteiger charge is -2.19. The van der Waals surface area contributed by atoms with Crippen molar-refractivity contribution >= 4 is 56.8 Å². The molecule has 1 aliphatic heterocycles. The number of carbonyl (C=O) groups is 3. The third-order valence-electron chi connectivity index (χ3n) is 4.99. The van der Waals surface area contributed by atoms with E-state index in [-0.39, 0.29) is 35.4 Å². The van der Waals surface area contributed by atoms with Gasteiger partial charge in [-0.3, -0.25) is 19.3 Å². The van der Waals surface area contributed by atoms with Crippen LogP contribution in [0.4, 0.5) is 5.69 Å². The smallest absolute Gasteiger partial charge is 0.316 e. The third kappa shape index (κ3) is 3.01. The minimum Gasteiger partial charge on any atom is -0.468 e.